The topological polar surface area (TPSA) is 119 Å². The second kappa shape index (κ2) is 39.2. The fourth-order valence-corrected chi connectivity index (χ4v) is 5.75. The van der Waals surface area contributed by atoms with Crippen molar-refractivity contribution in [3.63, 3.8) is 0 Å². The van der Waals surface area contributed by atoms with Crippen LogP contribution in [0.15, 0.2) is 72.9 Å². The normalized spacial score (nSPS) is 13.2. The molecular weight excluding hydrogens is 687 g/mol. The molecule has 2 N–H and O–H groups in total. The van der Waals surface area contributed by atoms with Gasteiger partial charge in [-0.05, 0) is 83.5 Å². The fraction of sp³-hybridized carbons (Fsp3) is 0.682. The smallest absolute Gasteiger partial charge is 0.462 e. The summed E-state index contributed by atoms with van der Waals surface area (Å²) >= 11 is 0. The molecule has 0 bridgehead atoms. The van der Waals surface area contributed by atoms with Gasteiger partial charge >= 0.3 is 19.8 Å². The number of carbonyl (C=O) groups excluding carboxylic acids is 2. The highest BCUT2D eigenvalue weighted by molar-refractivity contribution is 7.46. The van der Waals surface area contributed by atoms with Gasteiger partial charge in [-0.1, -0.05) is 151 Å². The van der Waals surface area contributed by atoms with Crippen LogP contribution in [0.1, 0.15) is 174 Å². The number of hydrogen-bond donors (Lipinski definition) is 2. The Morgan fingerprint density at radius 1 is 0.509 bits per heavy atom. The first-order chi connectivity index (χ1) is 25.8. The van der Waals surface area contributed by atoms with Crippen LogP contribution < -0.4 is 0 Å². The fourth-order valence-electron chi connectivity index (χ4n) is 5.39. The van der Waals surface area contributed by atoms with Gasteiger partial charge in [-0.3, -0.25) is 14.1 Å². The molecule has 0 radical (unpaired) electrons. The van der Waals surface area contributed by atoms with Gasteiger partial charge < -0.3 is 19.3 Å². The first kappa shape index (κ1) is 50.5. The summed E-state index contributed by atoms with van der Waals surface area (Å²) in [4.78, 5) is 42.8. The highest BCUT2D eigenvalue weighted by atomic mass is 31.2. The third-order valence-electron chi connectivity index (χ3n) is 8.46. The molecule has 304 valence electrons. The van der Waals surface area contributed by atoms with E-state index < -0.39 is 32.5 Å². The van der Waals surface area contributed by atoms with Gasteiger partial charge in [0.1, 0.15) is 6.61 Å². The van der Waals surface area contributed by atoms with Crippen LogP contribution in [0.5, 0.6) is 0 Å². The first-order valence-electron chi connectivity index (χ1n) is 20.7. The maximum atomic E-state index is 12.4. The van der Waals surface area contributed by atoms with Crippen molar-refractivity contribution in [2.75, 3.05) is 13.2 Å². The van der Waals surface area contributed by atoms with E-state index in [1.54, 1.807) is 0 Å². The van der Waals surface area contributed by atoms with Crippen LogP contribution in [0.2, 0.25) is 0 Å². The number of hydrogen-bond acceptors (Lipinski definition) is 6. The molecule has 9 heteroatoms. The number of esters is 2. The molecule has 0 aromatic carbocycles. The van der Waals surface area contributed by atoms with Crippen molar-refractivity contribution in [2.24, 2.45) is 0 Å². The molecule has 0 aliphatic rings. The first-order valence-corrected chi connectivity index (χ1v) is 22.3. The van der Waals surface area contributed by atoms with Crippen LogP contribution in [0.3, 0.4) is 0 Å². The van der Waals surface area contributed by atoms with E-state index in [1.807, 2.05) is 0 Å². The van der Waals surface area contributed by atoms with Gasteiger partial charge in [0.2, 0.25) is 0 Å². The van der Waals surface area contributed by atoms with E-state index >= 15 is 0 Å². The average molecular weight is 763 g/mol. The van der Waals surface area contributed by atoms with Gasteiger partial charge in [0.15, 0.2) is 6.10 Å². The maximum Gasteiger partial charge on any atom is 0.469 e. The molecule has 0 aromatic rings. The van der Waals surface area contributed by atoms with Crippen LogP contribution in [0.4, 0.5) is 0 Å². The van der Waals surface area contributed by atoms with Gasteiger partial charge in [-0.2, -0.15) is 0 Å². The molecule has 0 rings (SSSR count). The number of phosphoric ester groups is 1. The van der Waals surface area contributed by atoms with Crippen molar-refractivity contribution in [2.45, 2.75) is 180 Å². The quantitative estimate of drug-likeness (QED) is 0.0278. The zero-order valence-corrected chi connectivity index (χ0v) is 34.3. The second-order valence-corrected chi connectivity index (χ2v) is 14.8. The van der Waals surface area contributed by atoms with Crippen molar-refractivity contribution in [3.05, 3.63) is 72.9 Å². The Balaban J connectivity index is 4.00. The third-order valence-corrected chi connectivity index (χ3v) is 8.94. The number of rotatable bonds is 37. The Kier molecular flexibility index (Phi) is 37.3. The van der Waals surface area contributed by atoms with Crippen molar-refractivity contribution in [1.29, 1.82) is 0 Å². The Bertz CT molecular complexity index is 1080. The summed E-state index contributed by atoms with van der Waals surface area (Å²) in [5, 5.41) is 0. The molecule has 0 aliphatic heterocycles. The van der Waals surface area contributed by atoms with E-state index in [0.29, 0.717) is 12.8 Å². The Morgan fingerprint density at radius 3 is 1.36 bits per heavy atom. The third kappa shape index (κ3) is 42.1. The minimum Gasteiger partial charge on any atom is -0.462 e. The van der Waals surface area contributed by atoms with Gasteiger partial charge in [-0.25, -0.2) is 4.57 Å². The van der Waals surface area contributed by atoms with Gasteiger partial charge in [0.25, 0.3) is 0 Å². The average Bonchev–Trinajstić information content (AvgIpc) is 3.13. The molecule has 1 atom stereocenters. The molecule has 0 saturated carbocycles. The predicted molar refractivity (Wildman–Crippen MR) is 220 cm³/mol. The van der Waals surface area contributed by atoms with Crippen molar-refractivity contribution >= 4 is 19.8 Å². The number of ether oxygens (including phenoxy) is 2. The molecule has 0 heterocycles. The standard InChI is InChI=1S/C44H75O8P/c1-3-5-7-9-11-13-15-17-19-21-23-24-26-28-30-32-34-36-38-43(45)50-40-42(41-51-53(47,48)49)52-44(46)39-37-35-33-31-29-27-25-22-20-18-16-14-12-10-8-6-4-2/h6,8,12-15,18-21,25,27,42H,3-5,7,9-11,16-17,22-24,26,28-41H2,1-2H3,(H2,47,48,49)/b8-6-,14-12-,15-13-,20-18-,21-19-,27-25-. The van der Waals surface area contributed by atoms with E-state index in [9.17, 15) is 14.2 Å². The monoisotopic (exact) mass is 763 g/mol. The summed E-state index contributed by atoms with van der Waals surface area (Å²) in [5.41, 5.74) is 0. The van der Waals surface area contributed by atoms with Gasteiger partial charge in [-0.15, -0.1) is 0 Å². The van der Waals surface area contributed by atoms with Crippen molar-refractivity contribution in [1.82, 2.24) is 0 Å². The summed E-state index contributed by atoms with van der Waals surface area (Å²) in [6.45, 7) is 3.52. The second-order valence-electron chi connectivity index (χ2n) is 13.6. The lowest BCUT2D eigenvalue weighted by Gasteiger charge is -2.18. The molecule has 0 fully saturated rings. The van der Waals surface area contributed by atoms with Crippen molar-refractivity contribution < 1.29 is 37.9 Å². The van der Waals surface area contributed by atoms with E-state index in [4.69, 9.17) is 19.3 Å². The molecule has 0 aromatic heterocycles. The van der Waals surface area contributed by atoms with Gasteiger partial charge in [0, 0.05) is 12.8 Å². The van der Waals surface area contributed by atoms with Crippen LogP contribution >= 0.6 is 7.82 Å². The predicted octanol–water partition coefficient (Wildman–Crippen LogP) is 12.7. The lowest BCUT2D eigenvalue weighted by atomic mass is 10.1. The van der Waals surface area contributed by atoms with E-state index in [0.717, 1.165) is 83.5 Å². The lowest BCUT2D eigenvalue weighted by molar-refractivity contribution is -0.161. The molecule has 1 unspecified atom stereocenters. The van der Waals surface area contributed by atoms with Crippen LogP contribution in [-0.4, -0.2) is 41.0 Å². The van der Waals surface area contributed by atoms with Crippen LogP contribution in [0, 0.1) is 0 Å². The zero-order valence-electron chi connectivity index (χ0n) is 33.4. The van der Waals surface area contributed by atoms with Crippen LogP contribution in [-0.2, 0) is 28.2 Å². The Morgan fingerprint density at radius 2 is 0.906 bits per heavy atom. The molecular formula is C44H75O8P. The Labute approximate surface area is 323 Å². The minimum absolute atomic E-state index is 0.179. The number of phosphoric acid groups is 1. The Hall–Kier alpha value is -2.51. The molecule has 0 amide bonds. The maximum absolute atomic E-state index is 12.4. The summed E-state index contributed by atoms with van der Waals surface area (Å²) in [6, 6.07) is 0. The lowest BCUT2D eigenvalue weighted by Crippen LogP contribution is -2.29. The summed E-state index contributed by atoms with van der Waals surface area (Å²) in [5.74, 6) is -0.926. The number of unbranched alkanes of at least 4 members (excludes halogenated alkanes) is 15. The largest absolute Gasteiger partial charge is 0.469 e. The summed E-state index contributed by atoms with van der Waals surface area (Å²) in [6.07, 6.45) is 50.4. The minimum atomic E-state index is -4.77. The zero-order chi connectivity index (χ0) is 38.9. The summed E-state index contributed by atoms with van der Waals surface area (Å²) < 4.78 is 26.4. The van der Waals surface area contributed by atoms with E-state index in [-0.39, 0.29) is 19.4 Å². The highest BCUT2D eigenvalue weighted by Gasteiger charge is 2.22. The highest BCUT2D eigenvalue weighted by Crippen LogP contribution is 2.36. The molecule has 53 heavy (non-hydrogen) atoms. The van der Waals surface area contributed by atoms with Crippen LogP contribution in [0.25, 0.3) is 0 Å². The molecule has 0 saturated heterocycles. The molecule has 0 spiro atoms. The van der Waals surface area contributed by atoms with Gasteiger partial charge in [0.05, 0.1) is 6.61 Å². The molecule has 8 nitrogen and oxygen atoms in total. The summed E-state index contributed by atoms with van der Waals surface area (Å²) in [7, 11) is -4.77. The number of allylic oxidation sites excluding steroid dienone is 12. The van der Waals surface area contributed by atoms with Crippen molar-refractivity contribution in [3.8, 4) is 0 Å². The molecule has 0 aliphatic carbocycles. The van der Waals surface area contributed by atoms with E-state index in [1.165, 1.54) is 51.4 Å². The number of carbonyl (C=O) groups is 2. The van der Waals surface area contributed by atoms with E-state index in [2.05, 4.69) is 91.3 Å². The SMILES string of the molecule is CC/C=C\C/C=C\C/C=C\C/C=C\CCCCCCC(=O)OC(COC(=O)CCCCCCCCC/C=C\C/C=C\CCCCCC)COP(=O)(O)O.